The minimum Gasteiger partial charge on any atom is -0.449 e. The van der Waals surface area contributed by atoms with E-state index in [2.05, 4.69) is 25.3 Å². The molecular formula is C18H17N5O3S2. The van der Waals surface area contributed by atoms with Gasteiger partial charge in [0.25, 0.3) is 5.91 Å². The average molecular weight is 416 g/mol. The summed E-state index contributed by atoms with van der Waals surface area (Å²) in [5.74, 6) is 1.53. The second-order valence-electron chi connectivity index (χ2n) is 6.06. The van der Waals surface area contributed by atoms with Crippen molar-refractivity contribution >= 4 is 52.4 Å². The van der Waals surface area contributed by atoms with Gasteiger partial charge in [0.15, 0.2) is 17.6 Å². The highest BCUT2D eigenvalue weighted by molar-refractivity contribution is 8.19. The number of thioether (sulfide) groups is 2. The van der Waals surface area contributed by atoms with Gasteiger partial charge in [-0.25, -0.2) is 19.7 Å². The monoisotopic (exact) mass is 415 g/mol. The van der Waals surface area contributed by atoms with Crippen LogP contribution in [0.25, 0.3) is 11.2 Å². The molecule has 1 aliphatic rings. The van der Waals surface area contributed by atoms with Crippen LogP contribution in [0.2, 0.25) is 0 Å². The van der Waals surface area contributed by atoms with Crippen molar-refractivity contribution in [1.82, 2.24) is 19.9 Å². The highest BCUT2D eigenvalue weighted by Crippen LogP contribution is 2.45. The van der Waals surface area contributed by atoms with Gasteiger partial charge in [0.2, 0.25) is 0 Å². The number of nitrogens with zero attached hydrogens (tertiary/aromatic N) is 3. The molecule has 8 nitrogen and oxygen atoms in total. The Labute approximate surface area is 169 Å². The Balaban J connectivity index is 1.38. The molecule has 2 N–H and O–H groups in total. The molecule has 0 bridgehead atoms. The summed E-state index contributed by atoms with van der Waals surface area (Å²) in [5.41, 5.74) is 2.54. The van der Waals surface area contributed by atoms with E-state index in [-0.39, 0.29) is 5.82 Å². The van der Waals surface area contributed by atoms with E-state index in [1.165, 1.54) is 25.1 Å². The molecule has 1 atom stereocenters. The van der Waals surface area contributed by atoms with E-state index in [9.17, 15) is 9.59 Å². The molecule has 144 valence electrons. The van der Waals surface area contributed by atoms with E-state index < -0.39 is 18.0 Å². The molecule has 1 saturated heterocycles. The molecule has 0 spiro atoms. The first kappa shape index (κ1) is 18.8. The van der Waals surface area contributed by atoms with Crippen LogP contribution in [0.15, 0.2) is 36.9 Å². The summed E-state index contributed by atoms with van der Waals surface area (Å²) in [6.07, 6.45) is 1.78. The summed E-state index contributed by atoms with van der Waals surface area (Å²) in [4.78, 5) is 39.6. The molecule has 3 heterocycles. The Kier molecular flexibility index (Phi) is 5.49. The van der Waals surface area contributed by atoms with Crippen LogP contribution in [0, 0.1) is 0 Å². The zero-order chi connectivity index (χ0) is 19.5. The summed E-state index contributed by atoms with van der Waals surface area (Å²) >= 11 is 3.81. The Morgan fingerprint density at radius 2 is 1.93 bits per heavy atom. The second-order valence-corrected chi connectivity index (χ2v) is 8.78. The largest absolute Gasteiger partial charge is 0.449 e. The number of imidazole rings is 1. The van der Waals surface area contributed by atoms with Gasteiger partial charge in [-0.15, -0.1) is 23.5 Å². The van der Waals surface area contributed by atoms with Gasteiger partial charge < -0.3 is 15.0 Å². The van der Waals surface area contributed by atoms with E-state index in [0.717, 1.165) is 11.5 Å². The zero-order valence-corrected chi connectivity index (χ0v) is 16.5. The summed E-state index contributed by atoms with van der Waals surface area (Å²) in [6.45, 7) is 1.51. The maximum absolute atomic E-state index is 12.4. The lowest BCUT2D eigenvalue weighted by Gasteiger charge is -2.14. The fraction of sp³-hybridized carbons (Fsp3) is 0.278. The molecule has 3 aromatic rings. The van der Waals surface area contributed by atoms with Gasteiger partial charge in [-0.1, -0.05) is 12.1 Å². The minimum absolute atomic E-state index is 0.284. The van der Waals surface area contributed by atoms with Gasteiger partial charge in [0, 0.05) is 11.5 Å². The van der Waals surface area contributed by atoms with Crippen LogP contribution in [-0.2, 0) is 9.53 Å². The van der Waals surface area contributed by atoms with Crippen LogP contribution in [0.1, 0.15) is 27.4 Å². The van der Waals surface area contributed by atoms with Crippen molar-refractivity contribution in [3.05, 3.63) is 48.0 Å². The van der Waals surface area contributed by atoms with Crippen LogP contribution in [0.4, 0.5) is 5.82 Å². The SMILES string of the molecule is CC(OC(=O)c1ccc(C2SCCS2)cc1)C(=O)Nc1ncnc2nc[nH]c12. The number of fused-ring (bicyclic) bond motifs is 1. The Hall–Kier alpha value is -2.59. The predicted octanol–water partition coefficient (Wildman–Crippen LogP) is 3.02. The third-order valence-corrected chi connectivity index (χ3v) is 7.26. The van der Waals surface area contributed by atoms with E-state index in [1.54, 1.807) is 12.1 Å². The lowest BCUT2D eigenvalue weighted by molar-refractivity contribution is -0.123. The van der Waals surface area contributed by atoms with E-state index in [4.69, 9.17) is 4.74 Å². The van der Waals surface area contributed by atoms with Gasteiger partial charge in [0.05, 0.1) is 16.5 Å². The molecule has 4 rings (SSSR count). The van der Waals surface area contributed by atoms with Gasteiger partial charge >= 0.3 is 5.97 Å². The van der Waals surface area contributed by atoms with E-state index in [0.29, 0.717) is 21.3 Å². The van der Waals surface area contributed by atoms with Crippen molar-refractivity contribution in [1.29, 1.82) is 0 Å². The van der Waals surface area contributed by atoms with Gasteiger partial charge in [0.1, 0.15) is 11.8 Å². The van der Waals surface area contributed by atoms with Crippen LogP contribution in [0.3, 0.4) is 0 Å². The zero-order valence-electron chi connectivity index (χ0n) is 14.9. The normalized spacial score (nSPS) is 15.5. The smallest absolute Gasteiger partial charge is 0.338 e. The number of hydrogen-bond donors (Lipinski definition) is 2. The lowest BCUT2D eigenvalue weighted by Crippen LogP contribution is -2.30. The molecule has 1 amide bonds. The van der Waals surface area contributed by atoms with Crippen molar-refractivity contribution in [2.45, 2.75) is 17.6 Å². The van der Waals surface area contributed by atoms with Gasteiger partial charge in [-0.3, -0.25) is 4.79 Å². The molecule has 0 radical (unpaired) electrons. The number of hydrogen-bond acceptors (Lipinski definition) is 8. The maximum atomic E-state index is 12.4. The number of amides is 1. The fourth-order valence-corrected chi connectivity index (χ4v) is 5.55. The first-order valence-corrected chi connectivity index (χ1v) is 10.7. The number of rotatable bonds is 5. The summed E-state index contributed by atoms with van der Waals surface area (Å²) < 4.78 is 5.72. The number of nitrogens with one attached hydrogen (secondary N) is 2. The third-order valence-electron chi connectivity index (χ3n) is 4.16. The number of H-pyrrole nitrogens is 1. The summed E-state index contributed by atoms with van der Waals surface area (Å²) in [7, 11) is 0. The number of carbonyl (C=O) groups excluding carboxylic acids is 2. The third kappa shape index (κ3) is 3.97. The highest BCUT2D eigenvalue weighted by atomic mass is 32.2. The number of esters is 1. The topological polar surface area (TPSA) is 110 Å². The Bertz CT molecular complexity index is 1000. The number of aromatic nitrogens is 4. The number of benzene rings is 1. The molecular weight excluding hydrogens is 398 g/mol. The highest BCUT2D eigenvalue weighted by Gasteiger charge is 2.22. The van der Waals surface area contributed by atoms with E-state index >= 15 is 0 Å². The first-order valence-electron chi connectivity index (χ1n) is 8.61. The molecule has 1 aliphatic heterocycles. The van der Waals surface area contributed by atoms with Gasteiger partial charge in [-0.05, 0) is 24.6 Å². The van der Waals surface area contributed by atoms with Crippen molar-refractivity contribution < 1.29 is 14.3 Å². The molecule has 2 aromatic heterocycles. The van der Waals surface area contributed by atoms with Crippen molar-refractivity contribution in [3.63, 3.8) is 0 Å². The van der Waals surface area contributed by atoms with Crippen LogP contribution in [-0.4, -0.2) is 49.4 Å². The molecule has 0 aliphatic carbocycles. The van der Waals surface area contributed by atoms with Crippen molar-refractivity contribution in [2.24, 2.45) is 0 Å². The van der Waals surface area contributed by atoms with Crippen LogP contribution in [0.5, 0.6) is 0 Å². The van der Waals surface area contributed by atoms with Gasteiger partial charge in [-0.2, -0.15) is 0 Å². The van der Waals surface area contributed by atoms with E-state index in [1.807, 2.05) is 35.7 Å². The first-order chi connectivity index (χ1) is 13.6. The lowest BCUT2D eigenvalue weighted by atomic mass is 10.1. The molecule has 10 heteroatoms. The molecule has 1 fully saturated rings. The summed E-state index contributed by atoms with van der Waals surface area (Å²) in [6, 6.07) is 7.35. The predicted molar refractivity (Wildman–Crippen MR) is 109 cm³/mol. The Morgan fingerprint density at radius 3 is 2.68 bits per heavy atom. The Morgan fingerprint density at radius 1 is 1.18 bits per heavy atom. The van der Waals surface area contributed by atoms with Crippen LogP contribution >= 0.6 is 23.5 Å². The average Bonchev–Trinajstić information content (AvgIpc) is 3.40. The maximum Gasteiger partial charge on any atom is 0.338 e. The number of carbonyl (C=O) groups is 2. The number of anilines is 1. The number of aromatic amines is 1. The molecule has 1 unspecified atom stereocenters. The minimum atomic E-state index is -0.985. The second kappa shape index (κ2) is 8.19. The van der Waals surface area contributed by atoms with Crippen molar-refractivity contribution in [3.8, 4) is 0 Å². The van der Waals surface area contributed by atoms with Crippen LogP contribution < -0.4 is 5.32 Å². The summed E-state index contributed by atoms with van der Waals surface area (Å²) in [5, 5.41) is 2.63. The standard InChI is InChI=1S/C18H17N5O3S2/c1-10(16(24)23-15-13-14(20-8-19-13)21-9-22-15)26-17(25)11-2-4-12(5-3-11)18-27-6-7-28-18/h2-5,8-10,18H,6-7H2,1H3,(H2,19,20,21,22,23,24). The number of ether oxygens (including phenoxy) is 1. The fourth-order valence-electron chi connectivity index (χ4n) is 2.69. The van der Waals surface area contributed by atoms with Crippen molar-refractivity contribution in [2.75, 3.05) is 16.8 Å². The quantitative estimate of drug-likeness (QED) is 0.612. The molecule has 0 saturated carbocycles. The molecule has 28 heavy (non-hydrogen) atoms. The molecule has 1 aromatic carbocycles.